The maximum absolute atomic E-state index is 13.0. The summed E-state index contributed by atoms with van der Waals surface area (Å²) in [6, 6.07) is -0.570. The summed E-state index contributed by atoms with van der Waals surface area (Å²) in [5.74, 6) is -0.458. The van der Waals surface area contributed by atoms with Crippen LogP contribution in [0.2, 0.25) is 0 Å². The van der Waals surface area contributed by atoms with Gasteiger partial charge in [-0.25, -0.2) is 9.78 Å². The molecule has 8 nitrogen and oxygen atoms in total. The Morgan fingerprint density at radius 3 is 2.75 bits per heavy atom. The van der Waals surface area contributed by atoms with Crippen molar-refractivity contribution in [2.45, 2.75) is 45.3 Å². The molecule has 0 aliphatic rings. The molecule has 2 aromatic heterocycles. The maximum Gasteiger partial charge on any atom is 0.321 e. The fraction of sp³-hybridized carbons (Fsp3) is 0.556. The standard InChI is InChI=1S/C18H26N4O4S2/c1-5-6-8-22-16(24)14-11(2)12(3)28-15(14)21-18(22)27-10-13(23)20-17(25)19-7-9-26-4/h5-10H2,1-4H3,(H2,19,20,23,25). The zero-order valence-electron chi connectivity index (χ0n) is 16.6. The highest BCUT2D eigenvalue weighted by Crippen LogP contribution is 2.28. The second kappa shape index (κ2) is 10.6. The fourth-order valence-electron chi connectivity index (χ4n) is 2.54. The van der Waals surface area contributed by atoms with Crippen molar-refractivity contribution in [2.24, 2.45) is 0 Å². The quantitative estimate of drug-likeness (QED) is 0.363. The monoisotopic (exact) mass is 426 g/mol. The molecule has 0 radical (unpaired) electrons. The maximum atomic E-state index is 13.0. The van der Waals surface area contributed by atoms with Crippen LogP contribution >= 0.6 is 23.1 Å². The molecular weight excluding hydrogens is 400 g/mol. The van der Waals surface area contributed by atoms with Gasteiger partial charge in [-0.15, -0.1) is 11.3 Å². The number of hydrogen-bond acceptors (Lipinski definition) is 7. The van der Waals surface area contributed by atoms with Gasteiger partial charge in [-0.05, 0) is 25.8 Å². The van der Waals surface area contributed by atoms with Crippen molar-refractivity contribution < 1.29 is 14.3 Å². The van der Waals surface area contributed by atoms with Gasteiger partial charge in [-0.3, -0.25) is 19.5 Å². The van der Waals surface area contributed by atoms with Gasteiger partial charge in [0.15, 0.2) is 5.16 Å². The highest BCUT2D eigenvalue weighted by Gasteiger charge is 2.18. The molecule has 0 aromatic carbocycles. The van der Waals surface area contributed by atoms with E-state index >= 15 is 0 Å². The molecule has 0 spiro atoms. The Hall–Kier alpha value is -1.91. The van der Waals surface area contributed by atoms with E-state index in [4.69, 9.17) is 4.74 Å². The van der Waals surface area contributed by atoms with Gasteiger partial charge >= 0.3 is 6.03 Å². The molecule has 2 aromatic rings. The van der Waals surface area contributed by atoms with Gasteiger partial charge in [0.25, 0.3) is 5.56 Å². The minimum absolute atomic E-state index is 0.00882. The van der Waals surface area contributed by atoms with Crippen molar-refractivity contribution in [3.8, 4) is 0 Å². The minimum Gasteiger partial charge on any atom is -0.383 e. The van der Waals surface area contributed by atoms with Crippen molar-refractivity contribution in [1.29, 1.82) is 0 Å². The third-order valence-corrected chi connectivity index (χ3v) is 6.24. The first-order chi connectivity index (χ1) is 13.4. The van der Waals surface area contributed by atoms with Crippen LogP contribution in [0.25, 0.3) is 10.2 Å². The number of imide groups is 1. The van der Waals surface area contributed by atoms with E-state index in [1.165, 1.54) is 18.4 Å². The number of thiophene rings is 1. The van der Waals surface area contributed by atoms with Crippen LogP contribution in [-0.2, 0) is 16.1 Å². The van der Waals surface area contributed by atoms with Crippen LogP contribution < -0.4 is 16.2 Å². The van der Waals surface area contributed by atoms with E-state index in [9.17, 15) is 14.4 Å². The average Bonchev–Trinajstić information content (AvgIpc) is 2.93. The smallest absolute Gasteiger partial charge is 0.321 e. The van der Waals surface area contributed by atoms with Crippen molar-refractivity contribution >= 4 is 45.3 Å². The van der Waals surface area contributed by atoms with Gasteiger partial charge in [-0.2, -0.15) is 0 Å². The molecule has 154 valence electrons. The number of amides is 3. The second-order valence-corrected chi connectivity index (χ2v) is 8.40. The van der Waals surface area contributed by atoms with E-state index in [0.717, 1.165) is 35.0 Å². The number of aryl methyl sites for hydroxylation is 2. The summed E-state index contributed by atoms with van der Waals surface area (Å²) in [5.41, 5.74) is 0.894. The number of carbonyl (C=O) groups excluding carboxylic acids is 2. The summed E-state index contributed by atoms with van der Waals surface area (Å²) in [4.78, 5) is 43.1. The third-order valence-electron chi connectivity index (χ3n) is 4.17. The second-order valence-electron chi connectivity index (χ2n) is 6.25. The molecule has 0 saturated heterocycles. The highest BCUT2D eigenvalue weighted by molar-refractivity contribution is 7.99. The Kier molecular flexibility index (Phi) is 8.46. The number of unbranched alkanes of at least 4 members (excludes halogenated alkanes) is 1. The van der Waals surface area contributed by atoms with Crippen LogP contribution in [-0.4, -0.2) is 47.5 Å². The topological polar surface area (TPSA) is 102 Å². The minimum atomic E-state index is -0.570. The number of methoxy groups -OCH3 is 1. The van der Waals surface area contributed by atoms with Crippen LogP contribution in [0.15, 0.2) is 9.95 Å². The first kappa shape index (κ1) is 22.4. The van der Waals surface area contributed by atoms with Gasteiger partial charge in [-0.1, -0.05) is 25.1 Å². The van der Waals surface area contributed by atoms with Crippen LogP contribution in [0.5, 0.6) is 0 Å². The van der Waals surface area contributed by atoms with E-state index in [1.54, 1.807) is 4.57 Å². The lowest BCUT2D eigenvalue weighted by molar-refractivity contribution is -0.117. The van der Waals surface area contributed by atoms with E-state index < -0.39 is 11.9 Å². The first-order valence-electron chi connectivity index (χ1n) is 9.09. The van der Waals surface area contributed by atoms with Crippen LogP contribution in [0, 0.1) is 13.8 Å². The number of carbonyl (C=O) groups is 2. The third kappa shape index (κ3) is 5.55. The molecule has 3 amide bonds. The lowest BCUT2D eigenvalue weighted by Gasteiger charge is -2.12. The van der Waals surface area contributed by atoms with Crippen LogP contribution in [0.1, 0.15) is 30.2 Å². The number of urea groups is 1. The predicted octanol–water partition coefficient (Wildman–Crippen LogP) is 2.44. The molecule has 0 aliphatic heterocycles. The molecule has 2 rings (SSSR count). The Balaban J connectivity index is 2.15. The highest BCUT2D eigenvalue weighted by atomic mass is 32.2. The fourth-order valence-corrected chi connectivity index (χ4v) is 4.43. The number of rotatable bonds is 9. The SMILES string of the molecule is CCCCn1c(SCC(=O)NC(=O)NCCOC)nc2sc(C)c(C)c2c1=O. The Morgan fingerprint density at radius 2 is 2.07 bits per heavy atom. The summed E-state index contributed by atoms with van der Waals surface area (Å²) in [7, 11) is 1.53. The van der Waals surface area contributed by atoms with E-state index in [0.29, 0.717) is 35.1 Å². The molecule has 2 heterocycles. The summed E-state index contributed by atoms with van der Waals surface area (Å²) in [6.45, 7) is 7.19. The zero-order chi connectivity index (χ0) is 20.7. The molecule has 0 aliphatic carbocycles. The van der Waals surface area contributed by atoms with E-state index in [1.807, 2.05) is 13.8 Å². The molecule has 2 N–H and O–H groups in total. The Bertz CT molecular complexity index is 907. The van der Waals surface area contributed by atoms with Gasteiger partial charge in [0, 0.05) is 25.1 Å². The summed E-state index contributed by atoms with van der Waals surface area (Å²) in [5, 5.41) is 5.94. The number of nitrogens with zero attached hydrogens (tertiary/aromatic N) is 2. The van der Waals surface area contributed by atoms with Gasteiger partial charge < -0.3 is 10.1 Å². The van der Waals surface area contributed by atoms with Crippen molar-refractivity contribution in [3.05, 3.63) is 20.8 Å². The Labute approximate surface area is 172 Å². The molecule has 0 saturated carbocycles. The number of hydrogen-bond donors (Lipinski definition) is 2. The van der Waals surface area contributed by atoms with Crippen molar-refractivity contribution in [3.63, 3.8) is 0 Å². The molecule has 0 unspecified atom stereocenters. The van der Waals surface area contributed by atoms with E-state index in [2.05, 4.69) is 22.5 Å². The first-order valence-corrected chi connectivity index (χ1v) is 10.9. The predicted molar refractivity (Wildman–Crippen MR) is 112 cm³/mol. The number of ether oxygens (including phenoxy) is 1. The summed E-state index contributed by atoms with van der Waals surface area (Å²) in [6.07, 6.45) is 1.79. The van der Waals surface area contributed by atoms with Crippen LogP contribution in [0.3, 0.4) is 0 Å². The molecule has 10 heteroatoms. The van der Waals surface area contributed by atoms with Gasteiger partial charge in [0.1, 0.15) is 4.83 Å². The molecular formula is C18H26N4O4S2. The number of nitrogens with one attached hydrogen (secondary N) is 2. The lowest BCUT2D eigenvalue weighted by atomic mass is 10.2. The van der Waals surface area contributed by atoms with Crippen molar-refractivity contribution in [2.75, 3.05) is 26.0 Å². The average molecular weight is 427 g/mol. The van der Waals surface area contributed by atoms with E-state index in [-0.39, 0.29) is 11.3 Å². The number of thioether (sulfide) groups is 1. The van der Waals surface area contributed by atoms with Crippen LogP contribution in [0.4, 0.5) is 4.79 Å². The zero-order valence-corrected chi connectivity index (χ0v) is 18.2. The Morgan fingerprint density at radius 1 is 1.32 bits per heavy atom. The van der Waals surface area contributed by atoms with Gasteiger partial charge in [0.2, 0.25) is 5.91 Å². The lowest BCUT2D eigenvalue weighted by Crippen LogP contribution is -2.41. The van der Waals surface area contributed by atoms with Gasteiger partial charge in [0.05, 0.1) is 17.7 Å². The normalized spacial score (nSPS) is 11.0. The summed E-state index contributed by atoms with van der Waals surface area (Å²) < 4.78 is 6.47. The number of aromatic nitrogens is 2. The molecule has 0 atom stereocenters. The molecule has 0 bridgehead atoms. The summed E-state index contributed by atoms with van der Waals surface area (Å²) >= 11 is 2.64. The van der Waals surface area contributed by atoms with Crippen molar-refractivity contribution in [1.82, 2.24) is 20.2 Å². The molecule has 0 fully saturated rings. The number of fused-ring (bicyclic) bond motifs is 1. The molecule has 28 heavy (non-hydrogen) atoms. The largest absolute Gasteiger partial charge is 0.383 e.